The van der Waals surface area contributed by atoms with Crippen LogP contribution < -0.4 is 5.32 Å². The van der Waals surface area contributed by atoms with Crippen molar-refractivity contribution in [2.45, 2.75) is 57.5 Å². The Balaban J connectivity index is 1.61. The highest BCUT2D eigenvalue weighted by molar-refractivity contribution is 7.09. The first-order valence-corrected chi connectivity index (χ1v) is 9.08. The van der Waals surface area contributed by atoms with E-state index in [-0.39, 0.29) is 0 Å². The molecule has 0 saturated heterocycles. The van der Waals surface area contributed by atoms with Crippen LogP contribution in [0.25, 0.3) is 0 Å². The molecule has 1 unspecified atom stereocenters. The van der Waals surface area contributed by atoms with Crippen LogP contribution in [-0.2, 0) is 19.3 Å². The number of aryl methyl sites for hydroxylation is 1. The molecule has 0 radical (unpaired) electrons. The van der Waals surface area contributed by atoms with Gasteiger partial charge in [-0.25, -0.2) is 0 Å². The Labute approximate surface area is 132 Å². The maximum absolute atomic E-state index is 3.94. The summed E-state index contributed by atoms with van der Waals surface area (Å²) in [5, 5.41) is 6.13. The number of hydrogen-bond acceptors (Lipinski definition) is 2. The van der Waals surface area contributed by atoms with Gasteiger partial charge in [0.15, 0.2) is 0 Å². The number of rotatable bonds is 6. The zero-order chi connectivity index (χ0) is 14.5. The van der Waals surface area contributed by atoms with Gasteiger partial charge in [0.25, 0.3) is 0 Å². The minimum Gasteiger partial charge on any atom is -0.311 e. The molecule has 1 heterocycles. The molecule has 3 rings (SSSR count). The molecule has 1 aliphatic carbocycles. The van der Waals surface area contributed by atoms with Crippen molar-refractivity contribution in [3.05, 3.63) is 57.8 Å². The van der Waals surface area contributed by atoms with Crippen LogP contribution in [0.1, 0.15) is 42.2 Å². The zero-order valence-corrected chi connectivity index (χ0v) is 13.7. The number of fused-ring (bicyclic) bond motifs is 1. The van der Waals surface area contributed by atoms with E-state index in [1.807, 2.05) is 11.3 Å². The molecule has 1 aliphatic rings. The molecule has 0 amide bonds. The second-order valence-corrected chi connectivity index (χ2v) is 7.18. The molecule has 1 aromatic heterocycles. The van der Waals surface area contributed by atoms with Gasteiger partial charge in [-0.05, 0) is 54.7 Å². The highest BCUT2D eigenvalue weighted by atomic mass is 32.1. The van der Waals surface area contributed by atoms with Crippen LogP contribution in [0.5, 0.6) is 0 Å². The Kier molecular flexibility index (Phi) is 5.10. The maximum Gasteiger partial charge on any atom is 0.0118 e. The van der Waals surface area contributed by atoms with Crippen molar-refractivity contribution in [3.8, 4) is 0 Å². The first-order chi connectivity index (χ1) is 10.3. The number of hydrogen-bond donors (Lipinski definition) is 1. The first kappa shape index (κ1) is 14.8. The Morgan fingerprint density at radius 2 is 2.05 bits per heavy atom. The average Bonchev–Trinajstić information content (AvgIpc) is 3.00. The van der Waals surface area contributed by atoms with E-state index in [0.717, 1.165) is 0 Å². The van der Waals surface area contributed by atoms with Gasteiger partial charge in [-0.1, -0.05) is 43.7 Å². The lowest BCUT2D eigenvalue weighted by atomic mass is 9.87. The summed E-state index contributed by atoms with van der Waals surface area (Å²) in [6, 6.07) is 14.7. The first-order valence-electron chi connectivity index (χ1n) is 8.20. The topological polar surface area (TPSA) is 12.0 Å². The van der Waals surface area contributed by atoms with Crippen molar-refractivity contribution in [1.82, 2.24) is 5.32 Å². The van der Waals surface area contributed by atoms with E-state index < -0.39 is 0 Å². The van der Waals surface area contributed by atoms with Crippen molar-refractivity contribution in [2.24, 2.45) is 0 Å². The summed E-state index contributed by atoms with van der Waals surface area (Å²) in [5.41, 5.74) is 3.11. The molecule has 1 aromatic carbocycles. The normalized spacial score (nSPS) is 19.2. The Bertz CT molecular complexity index is 546. The fourth-order valence-electron chi connectivity index (χ4n) is 3.44. The Morgan fingerprint density at radius 3 is 2.81 bits per heavy atom. The van der Waals surface area contributed by atoms with Crippen molar-refractivity contribution in [2.75, 3.05) is 0 Å². The van der Waals surface area contributed by atoms with Gasteiger partial charge < -0.3 is 5.32 Å². The number of thiophene rings is 1. The molecule has 0 bridgehead atoms. The second kappa shape index (κ2) is 7.24. The van der Waals surface area contributed by atoms with Crippen LogP contribution >= 0.6 is 11.3 Å². The van der Waals surface area contributed by atoms with Crippen LogP contribution in [0.4, 0.5) is 0 Å². The summed E-state index contributed by atoms with van der Waals surface area (Å²) in [4.78, 5) is 1.51. The third-order valence-corrected chi connectivity index (χ3v) is 5.38. The van der Waals surface area contributed by atoms with Crippen molar-refractivity contribution < 1.29 is 0 Å². The number of nitrogens with one attached hydrogen (secondary N) is 1. The lowest BCUT2D eigenvalue weighted by Crippen LogP contribution is -2.42. The maximum atomic E-state index is 3.94. The van der Waals surface area contributed by atoms with Crippen LogP contribution in [0, 0.1) is 0 Å². The van der Waals surface area contributed by atoms with E-state index in [1.54, 1.807) is 11.1 Å². The largest absolute Gasteiger partial charge is 0.311 e. The van der Waals surface area contributed by atoms with Gasteiger partial charge in [0.1, 0.15) is 0 Å². The summed E-state index contributed by atoms with van der Waals surface area (Å²) in [7, 11) is 0. The van der Waals surface area contributed by atoms with Gasteiger partial charge in [-0.2, -0.15) is 0 Å². The second-order valence-electron chi connectivity index (χ2n) is 6.14. The summed E-state index contributed by atoms with van der Waals surface area (Å²) >= 11 is 1.89. The zero-order valence-electron chi connectivity index (χ0n) is 12.8. The van der Waals surface area contributed by atoms with Gasteiger partial charge in [-0.15, -0.1) is 11.3 Å². The molecule has 1 nitrogen and oxygen atoms in total. The van der Waals surface area contributed by atoms with Gasteiger partial charge in [-0.3, -0.25) is 0 Å². The fourth-order valence-corrected chi connectivity index (χ4v) is 4.22. The average molecular weight is 299 g/mol. The molecule has 21 heavy (non-hydrogen) atoms. The van der Waals surface area contributed by atoms with E-state index >= 15 is 0 Å². The van der Waals surface area contributed by atoms with E-state index in [0.29, 0.717) is 12.1 Å². The van der Waals surface area contributed by atoms with Crippen LogP contribution in [-0.4, -0.2) is 12.1 Å². The quantitative estimate of drug-likeness (QED) is 0.821. The summed E-state index contributed by atoms with van der Waals surface area (Å²) in [6.45, 7) is 2.29. The predicted octanol–water partition coefficient (Wildman–Crippen LogP) is 4.61. The van der Waals surface area contributed by atoms with Crippen molar-refractivity contribution >= 4 is 11.3 Å². The molecule has 2 aromatic rings. The van der Waals surface area contributed by atoms with Crippen LogP contribution in [0.3, 0.4) is 0 Å². The van der Waals surface area contributed by atoms with Crippen molar-refractivity contribution in [1.29, 1.82) is 0 Å². The Hall–Kier alpha value is -1.12. The smallest absolute Gasteiger partial charge is 0.0118 e. The summed E-state index contributed by atoms with van der Waals surface area (Å²) in [6.07, 6.45) is 7.42. The Morgan fingerprint density at radius 1 is 1.19 bits per heavy atom. The van der Waals surface area contributed by atoms with Gasteiger partial charge >= 0.3 is 0 Å². The standard InChI is InChI=1S/C19H25NS/c1-2-6-17(14-19-9-5-12-21-19)20-18-11-10-15-7-3-4-8-16(15)13-18/h3-5,7-9,12,17-18,20H,2,6,10-11,13-14H2,1H3/t17-,18?/m0/s1. The number of benzene rings is 1. The van der Waals surface area contributed by atoms with Crippen molar-refractivity contribution in [3.63, 3.8) is 0 Å². The molecule has 0 spiro atoms. The SMILES string of the molecule is CCC[C@@H](Cc1cccs1)NC1CCc2ccccc2C1. The summed E-state index contributed by atoms with van der Waals surface area (Å²) < 4.78 is 0. The third kappa shape index (κ3) is 3.96. The lowest BCUT2D eigenvalue weighted by molar-refractivity contribution is 0.375. The fraction of sp³-hybridized carbons (Fsp3) is 0.474. The molecule has 112 valence electrons. The van der Waals surface area contributed by atoms with E-state index in [4.69, 9.17) is 0 Å². The molecular weight excluding hydrogens is 274 g/mol. The van der Waals surface area contributed by atoms with Gasteiger partial charge in [0.05, 0.1) is 0 Å². The highest BCUT2D eigenvalue weighted by Gasteiger charge is 2.21. The summed E-state index contributed by atoms with van der Waals surface area (Å²) in [5.74, 6) is 0. The molecule has 1 N–H and O–H groups in total. The van der Waals surface area contributed by atoms with E-state index in [9.17, 15) is 0 Å². The minimum atomic E-state index is 0.629. The molecule has 2 heteroatoms. The molecule has 0 fully saturated rings. The molecule has 2 atom stereocenters. The molecular formula is C19H25NS. The van der Waals surface area contributed by atoms with E-state index in [2.05, 4.69) is 54.0 Å². The lowest BCUT2D eigenvalue weighted by Gasteiger charge is -2.30. The minimum absolute atomic E-state index is 0.629. The van der Waals surface area contributed by atoms with Crippen LogP contribution in [0.15, 0.2) is 41.8 Å². The highest BCUT2D eigenvalue weighted by Crippen LogP contribution is 2.22. The predicted molar refractivity (Wildman–Crippen MR) is 92.1 cm³/mol. The monoisotopic (exact) mass is 299 g/mol. The molecule has 0 saturated carbocycles. The third-order valence-electron chi connectivity index (χ3n) is 4.48. The molecule has 0 aliphatic heterocycles. The van der Waals surface area contributed by atoms with Crippen LogP contribution in [0.2, 0.25) is 0 Å². The van der Waals surface area contributed by atoms with E-state index in [1.165, 1.54) is 43.4 Å². The van der Waals surface area contributed by atoms with Gasteiger partial charge in [0, 0.05) is 17.0 Å². The van der Waals surface area contributed by atoms with Gasteiger partial charge in [0.2, 0.25) is 0 Å².